The number of ketones is 1. The van der Waals surface area contributed by atoms with E-state index in [1.54, 1.807) is 6.20 Å². The molecule has 98 valence electrons. The Kier molecular flexibility index (Phi) is 3.17. The van der Waals surface area contributed by atoms with Gasteiger partial charge in [-0.15, -0.1) is 0 Å². The Bertz CT molecular complexity index is 744. The molecule has 20 heavy (non-hydrogen) atoms. The zero-order valence-electron chi connectivity index (χ0n) is 11.2. The van der Waals surface area contributed by atoms with Crippen LogP contribution in [0.3, 0.4) is 0 Å². The van der Waals surface area contributed by atoms with Gasteiger partial charge in [-0.25, -0.2) is 4.98 Å². The number of hydrogen-bond acceptors (Lipinski definition) is 2. The molecular weight excluding hydrogens is 248 g/mol. The quantitative estimate of drug-likeness (QED) is 0.678. The molecule has 0 amide bonds. The van der Waals surface area contributed by atoms with Gasteiger partial charge in [0.1, 0.15) is 5.82 Å². The summed E-state index contributed by atoms with van der Waals surface area (Å²) in [5, 5.41) is 0. The highest BCUT2D eigenvalue weighted by Crippen LogP contribution is 2.19. The van der Waals surface area contributed by atoms with E-state index in [9.17, 15) is 4.79 Å². The highest BCUT2D eigenvalue weighted by Gasteiger charge is 2.14. The maximum atomic E-state index is 12.6. The summed E-state index contributed by atoms with van der Waals surface area (Å²) in [6.07, 6.45) is 3.60. The van der Waals surface area contributed by atoms with E-state index in [4.69, 9.17) is 0 Å². The lowest BCUT2D eigenvalue weighted by molar-refractivity contribution is 0.103. The van der Waals surface area contributed by atoms with Crippen LogP contribution < -0.4 is 0 Å². The lowest BCUT2D eigenvalue weighted by Crippen LogP contribution is -2.07. The molecule has 0 saturated heterocycles. The lowest BCUT2D eigenvalue weighted by Gasteiger charge is -2.11. The fourth-order valence-corrected chi connectivity index (χ4v) is 2.25. The highest BCUT2D eigenvalue weighted by molar-refractivity contribution is 6.11. The fourth-order valence-electron chi connectivity index (χ4n) is 2.25. The Morgan fingerprint density at radius 2 is 1.70 bits per heavy atom. The molecule has 0 bridgehead atoms. The Balaban J connectivity index is 2.12. The molecule has 0 N–H and O–H groups in total. The topological polar surface area (TPSA) is 34.9 Å². The van der Waals surface area contributed by atoms with Crippen LogP contribution in [-0.2, 0) is 0 Å². The molecule has 3 rings (SSSR count). The van der Waals surface area contributed by atoms with Crippen molar-refractivity contribution in [2.75, 3.05) is 0 Å². The van der Waals surface area contributed by atoms with Gasteiger partial charge in [0.2, 0.25) is 0 Å². The predicted octanol–water partition coefficient (Wildman–Crippen LogP) is 3.41. The molecule has 0 aliphatic heterocycles. The number of carbonyl (C=O) groups is 1. The van der Waals surface area contributed by atoms with Crippen molar-refractivity contribution in [3.8, 4) is 5.69 Å². The number of carbonyl (C=O) groups excluding carboxylic acids is 1. The number of hydrogen-bond donors (Lipinski definition) is 0. The van der Waals surface area contributed by atoms with Crippen molar-refractivity contribution in [2.45, 2.75) is 6.92 Å². The first kappa shape index (κ1) is 12.4. The Hall–Kier alpha value is -2.68. The molecule has 0 aliphatic carbocycles. The van der Waals surface area contributed by atoms with Crippen molar-refractivity contribution in [1.29, 1.82) is 0 Å². The van der Waals surface area contributed by atoms with Crippen LogP contribution >= 0.6 is 0 Å². The second kappa shape index (κ2) is 5.13. The molecule has 3 nitrogen and oxygen atoms in total. The van der Waals surface area contributed by atoms with Crippen LogP contribution in [0.2, 0.25) is 0 Å². The number of aryl methyl sites for hydroxylation is 1. The molecule has 0 aliphatic rings. The summed E-state index contributed by atoms with van der Waals surface area (Å²) in [4.78, 5) is 16.9. The first-order chi connectivity index (χ1) is 9.77. The van der Waals surface area contributed by atoms with Gasteiger partial charge < -0.3 is 4.57 Å². The zero-order valence-corrected chi connectivity index (χ0v) is 11.2. The summed E-state index contributed by atoms with van der Waals surface area (Å²) >= 11 is 0. The maximum Gasteiger partial charge on any atom is 0.195 e. The van der Waals surface area contributed by atoms with E-state index in [0.29, 0.717) is 11.1 Å². The zero-order chi connectivity index (χ0) is 13.9. The van der Waals surface area contributed by atoms with Gasteiger partial charge in [-0.3, -0.25) is 4.79 Å². The summed E-state index contributed by atoms with van der Waals surface area (Å²) in [5.41, 5.74) is 2.23. The van der Waals surface area contributed by atoms with Crippen LogP contribution in [0.15, 0.2) is 67.0 Å². The van der Waals surface area contributed by atoms with Crippen LogP contribution in [0.4, 0.5) is 0 Å². The summed E-state index contributed by atoms with van der Waals surface area (Å²) in [6, 6.07) is 16.9. The van der Waals surface area contributed by atoms with E-state index < -0.39 is 0 Å². The number of benzene rings is 2. The van der Waals surface area contributed by atoms with E-state index in [0.717, 1.165) is 11.5 Å². The molecule has 0 saturated carbocycles. The van der Waals surface area contributed by atoms with Gasteiger partial charge >= 0.3 is 0 Å². The minimum Gasteiger partial charge on any atom is -0.303 e. The fraction of sp³-hybridized carbons (Fsp3) is 0.0588. The molecule has 0 unspecified atom stereocenters. The number of rotatable bonds is 3. The molecule has 0 spiro atoms. The van der Waals surface area contributed by atoms with Crippen molar-refractivity contribution >= 4 is 5.78 Å². The van der Waals surface area contributed by atoms with E-state index in [-0.39, 0.29) is 5.78 Å². The highest BCUT2D eigenvalue weighted by atomic mass is 16.1. The maximum absolute atomic E-state index is 12.6. The van der Waals surface area contributed by atoms with Gasteiger partial charge in [0.25, 0.3) is 0 Å². The van der Waals surface area contributed by atoms with Gasteiger partial charge in [0.05, 0.1) is 5.69 Å². The molecule has 0 fully saturated rings. The second-order valence-corrected chi connectivity index (χ2v) is 4.56. The summed E-state index contributed by atoms with van der Waals surface area (Å²) in [6.45, 7) is 1.92. The lowest BCUT2D eigenvalue weighted by atomic mass is 10.0. The van der Waals surface area contributed by atoms with Crippen LogP contribution in [0, 0.1) is 6.92 Å². The number of para-hydroxylation sites is 1. The monoisotopic (exact) mass is 262 g/mol. The van der Waals surface area contributed by atoms with Crippen LogP contribution in [-0.4, -0.2) is 15.3 Å². The van der Waals surface area contributed by atoms with E-state index in [1.165, 1.54) is 0 Å². The van der Waals surface area contributed by atoms with Crippen LogP contribution in [0.5, 0.6) is 0 Å². The van der Waals surface area contributed by atoms with Crippen molar-refractivity contribution in [2.24, 2.45) is 0 Å². The Morgan fingerprint density at radius 3 is 2.40 bits per heavy atom. The largest absolute Gasteiger partial charge is 0.303 e. The van der Waals surface area contributed by atoms with Gasteiger partial charge in [0.15, 0.2) is 5.78 Å². The molecular formula is C17H14N2O. The molecule has 1 aromatic heterocycles. The molecule has 0 atom stereocenters. The van der Waals surface area contributed by atoms with Crippen LogP contribution in [0.25, 0.3) is 5.69 Å². The molecule has 3 aromatic rings. The minimum absolute atomic E-state index is 0.0225. The van der Waals surface area contributed by atoms with Crippen molar-refractivity contribution in [3.63, 3.8) is 0 Å². The van der Waals surface area contributed by atoms with Gasteiger partial charge in [-0.05, 0) is 19.1 Å². The summed E-state index contributed by atoms with van der Waals surface area (Å²) < 4.78 is 1.93. The van der Waals surface area contributed by atoms with Crippen molar-refractivity contribution in [1.82, 2.24) is 9.55 Å². The molecule has 2 aromatic carbocycles. The van der Waals surface area contributed by atoms with Gasteiger partial charge in [-0.2, -0.15) is 0 Å². The first-order valence-electron chi connectivity index (χ1n) is 6.46. The molecule has 0 radical (unpaired) electrons. The Labute approximate surface area is 117 Å². The average molecular weight is 262 g/mol. The third-order valence-corrected chi connectivity index (χ3v) is 3.27. The minimum atomic E-state index is 0.0225. The number of nitrogens with zero attached hydrogens (tertiary/aromatic N) is 2. The third-order valence-electron chi connectivity index (χ3n) is 3.27. The van der Waals surface area contributed by atoms with Crippen LogP contribution in [0.1, 0.15) is 21.7 Å². The van der Waals surface area contributed by atoms with Gasteiger partial charge in [-0.1, -0.05) is 42.5 Å². The smallest absolute Gasteiger partial charge is 0.195 e. The van der Waals surface area contributed by atoms with E-state index in [2.05, 4.69) is 4.98 Å². The number of aromatic nitrogens is 2. The molecule has 1 heterocycles. The summed E-state index contributed by atoms with van der Waals surface area (Å²) in [7, 11) is 0. The third kappa shape index (κ3) is 2.14. The van der Waals surface area contributed by atoms with E-state index >= 15 is 0 Å². The average Bonchev–Trinajstić information content (AvgIpc) is 2.93. The van der Waals surface area contributed by atoms with Crippen molar-refractivity contribution in [3.05, 3.63) is 83.9 Å². The predicted molar refractivity (Wildman–Crippen MR) is 78.2 cm³/mol. The van der Waals surface area contributed by atoms with E-state index in [1.807, 2.05) is 72.3 Å². The Morgan fingerprint density at radius 1 is 1.00 bits per heavy atom. The molecule has 3 heteroatoms. The van der Waals surface area contributed by atoms with Crippen molar-refractivity contribution < 1.29 is 4.79 Å². The summed E-state index contributed by atoms with van der Waals surface area (Å²) in [5.74, 6) is 0.882. The standard InChI is InChI=1S/C17H14N2O/c1-13-18-11-12-19(13)16-10-6-5-9-15(16)17(20)14-7-3-2-4-8-14/h2-12H,1H3. The normalized spacial score (nSPS) is 10.4. The van der Waals surface area contributed by atoms with Gasteiger partial charge in [0, 0.05) is 23.5 Å². The number of imidazole rings is 1. The first-order valence-corrected chi connectivity index (χ1v) is 6.46. The SMILES string of the molecule is Cc1nccn1-c1ccccc1C(=O)c1ccccc1. The second-order valence-electron chi connectivity index (χ2n) is 4.56.